The van der Waals surface area contributed by atoms with Crippen molar-refractivity contribution in [3.05, 3.63) is 54.1 Å². The summed E-state index contributed by atoms with van der Waals surface area (Å²) in [5.41, 5.74) is 1.98. The smallest absolute Gasteiger partial charge is 0.328 e. The lowest BCUT2D eigenvalue weighted by atomic mass is 10.1. The summed E-state index contributed by atoms with van der Waals surface area (Å²) >= 11 is 0. The average molecular weight is 325 g/mol. The summed E-state index contributed by atoms with van der Waals surface area (Å²) < 4.78 is 6.66. The van der Waals surface area contributed by atoms with Gasteiger partial charge >= 0.3 is 5.97 Å². The summed E-state index contributed by atoms with van der Waals surface area (Å²) in [5.74, 6) is 1.17. The SMILES string of the molecule is CCC(Nc1ccc(Cc2nnc3ncccn23)cc1)C(=O)OC. The molecule has 0 aliphatic rings. The van der Waals surface area contributed by atoms with Gasteiger partial charge in [0.2, 0.25) is 0 Å². The van der Waals surface area contributed by atoms with E-state index in [1.54, 1.807) is 6.20 Å². The summed E-state index contributed by atoms with van der Waals surface area (Å²) in [6, 6.07) is 9.41. The van der Waals surface area contributed by atoms with Crippen molar-refractivity contribution in [1.29, 1.82) is 0 Å². The second kappa shape index (κ2) is 7.08. The molecule has 2 aromatic heterocycles. The maximum absolute atomic E-state index is 11.6. The number of nitrogens with one attached hydrogen (secondary N) is 1. The molecule has 7 heteroatoms. The van der Waals surface area contributed by atoms with Crippen molar-refractivity contribution in [2.75, 3.05) is 12.4 Å². The molecule has 24 heavy (non-hydrogen) atoms. The zero-order valence-corrected chi connectivity index (χ0v) is 13.6. The Balaban J connectivity index is 1.71. The highest BCUT2D eigenvalue weighted by Crippen LogP contribution is 2.15. The molecule has 7 nitrogen and oxygen atoms in total. The van der Waals surface area contributed by atoms with Crippen molar-refractivity contribution in [1.82, 2.24) is 19.6 Å². The van der Waals surface area contributed by atoms with E-state index in [-0.39, 0.29) is 12.0 Å². The molecule has 0 fully saturated rings. The number of benzene rings is 1. The minimum absolute atomic E-state index is 0.260. The van der Waals surface area contributed by atoms with Crippen LogP contribution < -0.4 is 5.32 Å². The van der Waals surface area contributed by atoms with Gasteiger partial charge in [-0.15, -0.1) is 10.2 Å². The lowest BCUT2D eigenvalue weighted by Crippen LogP contribution is -2.29. The summed E-state index contributed by atoms with van der Waals surface area (Å²) in [6.07, 6.45) is 4.91. The molecule has 0 bridgehead atoms. The van der Waals surface area contributed by atoms with E-state index in [0.717, 1.165) is 17.1 Å². The standard InChI is InChI=1S/C17H19N5O2/c1-3-14(16(23)24-2)19-13-7-5-12(6-8-13)11-15-20-21-17-18-9-4-10-22(15)17/h4-10,14,19H,3,11H2,1-2H3. The van der Waals surface area contributed by atoms with Gasteiger partial charge < -0.3 is 10.1 Å². The molecule has 0 aliphatic carbocycles. The van der Waals surface area contributed by atoms with Crippen molar-refractivity contribution in [2.45, 2.75) is 25.8 Å². The van der Waals surface area contributed by atoms with Crippen molar-refractivity contribution in [3.8, 4) is 0 Å². The van der Waals surface area contributed by atoms with E-state index in [2.05, 4.69) is 20.5 Å². The van der Waals surface area contributed by atoms with Crippen molar-refractivity contribution >= 4 is 17.4 Å². The molecular formula is C17H19N5O2. The molecule has 0 saturated carbocycles. The third kappa shape index (κ3) is 3.34. The number of nitrogens with zero attached hydrogens (tertiary/aromatic N) is 4. The number of ether oxygens (including phenoxy) is 1. The van der Waals surface area contributed by atoms with Crippen LogP contribution in [0.1, 0.15) is 24.7 Å². The number of carbonyl (C=O) groups excluding carboxylic acids is 1. The molecule has 0 spiro atoms. The van der Waals surface area contributed by atoms with Crippen molar-refractivity contribution in [3.63, 3.8) is 0 Å². The van der Waals surface area contributed by atoms with Gasteiger partial charge in [-0.3, -0.25) is 4.40 Å². The topological polar surface area (TPSA) is 81.4 Å². The Morgan fingerprint density at radius 1 is 1.29 bits per heavy atom. The van der Waals surface area contributed by atoms with Crippen LogP contribution in [0.15, 0.2) is 42.7 Å². The number of anilines is 1. The quantitative estimate of drug-likeness (QED) is 0.699. The molecule has 0 saturated heterocycles. The molecular weight excluding hydrogens is 306 g/mol. The minimum Gasteiger partial charge on any atom is -0.467 e. The number of esters is 1. The van der Waals surface area contributed by atoms with Crippen LogP contribution in [0.5, 0.6) is 0 Å². The summed E-state index contributed by atoms with van der Waals surface area (Å²) in [4.78, 5) is 15.8. The fourth-order valence-electron chi connectivity index (χ4n) is 2.48. The van der Waals surface area contributed by atoms with E-state index in [9.17, 15) is 4.79 Å². The molecule has 1 N–H and O–H groups in total. The first-order valence-corrected chi connectivity index (χ1v) is 7.79. The average Bonchev–Trinajstić information content (AvgIpc) is 3.03. The monoisotopic (exact) mass is 325 g/mol. The Hall–Kier alpha value is -2.96. The van der Waals surface area contributed by atoms with Crippen molar-refractivity contribution < 1.29 is 9.53 Å². The molecule has 1 atom stereocenters. The van der Waals surface area contributed by atoms with E-state index < -0.39 is 0 Å². The van der Waals surface area contributed by atoms with Crippen LogP contribution >= 0.6 is 0 Å². The summed E-state index contributed by atoms with van der Waals surface area (Å²) in [6.45, 7) is 1.94. The number of carbonyl (C=O) groups is 1. The van der Waals surface area contributed by atoms with Gasteiger partial charge in [0.15, 0.2) is 0 Å². The Kier molecular flexibility index (Phi) is 4.69. The van der Waals surface area contributed by atoms with Crippen LogP contribution in [0, 0.1) is 0 Å². The highest BCUT2D eigenvalue weighted by molar-refractivity contribution is 5.79. The van der Waals surface area contributed by atoms with E-state index in [0.29, 0.717) is 18.6 Å². The minimum atomic E-state index is -0.340. The number of rotatable bonds is 6. The van der Waals surface area contributed by atoms with Gasteiger partial charge in [-0.2, -0.15) is 0 Å². The van der Waals surface area contributed by atoms with Crippen LogP contribution in [0.25, 0.3) is 5.78 Å². The van der Waals surface area contributed by atoms with Crippen LogP contribution in [-0.2, 0) is 16.0 Å². The van der Waals surface area contributed by atoms with Gasteiger partial charge in [-0.1, -0.05) is 19.1 Å². The third-order valence-electron chi connectivity index (χ3n) is 3.81. The number of hydrogen-bond donors (Lipinski definition) is 1. The van der Waals surface area contributed by atoms with Crippen LogP contribution in [-0.4, -0.2) is 38.7 Å². The largest absolute Gasteiger partial charge is 0.467 e. The highest BCUT2D eigenvalue weighted by atomic mass is 16.5. The zero-order valence-electron chi connectivity index (χ0n) is 13.6. The molecule has 0 aliphatic heterocycles. The molecule has 0 amide bonds. The summed E-state index contributed by atoms with van der Waals surface area (Å²) in [7, 11) is 1.40. The fourth-order valence-corrected chi connectivity index (χ4v) is 2.48. The molecule has 3 aromatic rings. The normalized spacial score (nSPS) is 12.1. The van der Waals surface area contributed by atoms with Crippen LogP contribution in [0.4, 0.5) is 5.69 Å². The second-order valence-corrected chi connectivity index (χ2v) is 5.41. The number of hydrogen-bond acceptors (Lipinski definition) is 6. The Morgan fingerprint density at radius 2 is 2.08 bits per heavy atom. The lowest BCUT2D eigenvalue weighted by Gasteiger charge is -2.15. The third-order valence-corrected chi connectivity index (χ3v) is 3.81. The molecule has 1 aromatic carbocycles. The maximum Gasteiger partial charge on any atom is 0.328 e. The Labute approximate surface area is 139 Å². The fraction of sp³-hybridized carbons (Fsp3) is 0.294. The molecule has 1 unspecified atom stereocenters. The van der Waals surface area contributed by atoms with Gasteiger partial charge in [-0.25, -0.2) is 9.78 Å². The van der Waals surface area contributed by atoms with E-state index in [1.807, 2.05) is 47.9 Å². The lowest BCUT2D eigenvalue weighted by molar-refractivity contribution is -0.141. The zero-order chi connectivity index (χ0) is 16.9. The number of fused-ring (bicyclic) bond motifs is 1. The van der Waals surface area contributed by atoms with Crippen LogP contribution in [0.3, 0.4) is 0 Å². The molecule has 124 valence electrons. The maximum atomic E-state index is 11.6. The highest BCUT2D eigenvalue weighted by Gasteiger charge is 2.16. The van der Waals surface area contributed by atoms with Gasteiger partial charge in [0, 0.05) is 24.5 Å². The van der Waals surface area contributed by atoms with Crippen LogP contribution in [0.2, 0.25) is 0 Å². The number of methoxy groups -OCH3 is 1. The molecule has 0 radical (unpaired) electrons. The second-order valence-electron chi connectivity index (χ2n) is 5.41. The first-order chi connectivity index (χ1) is 11.7. The first kappa shape index (κ1) is 15.9. The first-order valence-electron chi connectivity index (χ1n) is 7.79. The predicted molar refractivity (Wildman–Crippen MR) is 89.7 cm³/mol. The van der Waals surface area contributed by atoms with Crippen molar-refractivity contribution in [2.24, 2.45) is 0 Å². The number of aromatic nitrogens is 4. The molecule has 2 heterocycles. The van der Waals surface area contributed by atoms with Gasteiger partial charge in [-0.05, 0) is 30.2 Å². The van der Waals surface area contributed by atoms with Gasteiger partial charge in [0.05, 0.1) is 7.11 Å². The Morgan fingerprint density at radius 3 is 2.79 bits per heavy atom. The summed E-state index contributed by atoms with van der Waals surface area (Å²) in [5, 5.41) is 11.4. The molecule has 3 rings (SSSR count). The van der Waals surface area contributed by atoms with Gasteiger partial charge in [0.1, 0.15) is 11.9 Å². The predicted octanol–water partition coefficient (Wildman–Crippen LogP) is 2.08. The van der Waals surface area contributed by atoms with Gasteiger partial charge in [0.25, 0.3) is 5.78 Å². The van der Waals surface area contributed by atoms with E-state index in [1.165, 1.54) is 7.11 Å². The van der Waals surface area contributed by atoms with E-state index >= 15 is 0 Å². The Bertz CT molecular complexity index is 828. The van der Waals surface area contributed by atoms with E-state index in [4.69, 9.17) is 4.74 Å².